The molecule has 5 nitrogen and oxygen atoms in total. The zero-order valence-electron chi connectivity index (χ0n) is 10.0. The molecular formula is C12H16N2O3. The maximum Gasteiger partial charge on any atom is 0.271 e. The highest BCUT2D eigenvalue weighted by Gasteiger charge is 2.31. The minimum Gasteiger partial charge on any atom is -0.388 e. The number of nitro groups is 1. The number of non-ortho nitro benzene ring substituents is 1. The maximum atomic E-state index is 10.8. The fourth-order valence-corrected chi connectivity index (χ4v) is 2.20. The van der Waals surface area contributed by atoms with Gasteiger partial charge in [-0.05, 0) is 31.9 Å². The highest BCUT2D eigenvalue weighted by Crippen LogP contribution is 2.29. The highest BCUT2D eigenvalue weighted by molar-refractivity contribution is 5.56. The van der Waals surface area contributed by atoms with E-state index in [1.807, 2.05) is 17.9 Å². The lowest BCUT2D eigenvalue weighted by atomic mass is 10.1. The Balaban J connectivity index is 2.30. The van der Waals surface area contributed by atoms with Crippen molar-refractivity contribution in [1.82, 2.24) is 0 Å². The van der Waals surface area contributed by atoms with E-state index in [2.05, 4.69) is 0 Å². The van der Waals surface area contributed by atoms with Crippen molar-refractivity contribution < 1.29 is 10.0 Å². The number of rotatable bonds is 2. The molecule has 1 aliphatic rings. The van der Waals surface area contributed by atoms with E-state index in [1.54, 1.807) is 19.1 Å². The third-order valence-corrected chi connectivity index (χ3v) is 3.07. The van der Waals surface area contributed by atoms with Crippen LogP contribution in [0, 0.1) is 17.0 Å². The van der Waals surface area contributed by atoms with Gasteiger partial charge in [0.15, 0.2) is 0 Å². The summed E-state index contributed by atoms with van der Waals surface area (Å²) < 4.78 is 0. The minimum atomic E-state index is -0.696. The van der Waals surface area contributed by atoms with Crippen LogP contribution in [0.5, 0.6) is 0 Å². The number of hydrogen-bond acceptors (Lipinski definition) is 4. The van der Waals surface area contributed by atoms with E-state index in [0.717, 1.165) is 17.8 Å². The van der Waals surface area contributed by atoms with Crippen molar-refractivity contribution in [3.63, 3.8) is 0 Å². The molecule has 2 rings (SSSR count). The molecule has 0 radical (unpaired) electrons. The van der Waals surface area contributed by atoms with Gasteiger partial charge < -0.3 is 10.0 Å². The topological polar surface area (TPSA) is 66.6 Å². The third kappa shape index (κ3) is 2.55. The highest BCUT2D eigenvalue weighted by atomic mass is 16.6. The number of aryl methyl sites for hydroxylation is 1. The predicted octanol–water partition coefficient (Wildman–Crippen LogP) is 1.86. The van der Waals surface area contributed by atoms with Crippen molar-refractivity contribution in [3.05, 3.63) is 33.9 Å². The quantitative estimate of drug-likeness (QED) is 0.628. The summed E-state index contributed by atoms with van der Waals surface area (Å²) in [5.41, 5.74) is 1.08. The van der Waals surface area contributed by atoms with Gasteiger partial charge in [-0.1, -0.05) is 0 Å². The summed E-state index contributed by atoms with van der Waals surface area (Å²) in [4.78, 5) is 12.4. The van der Waals surface area contributed by atoms with Gasteiger partial charge >= 0.3 is 0 Å². The van der Waals surface area contributed by atoms with Crippen LogP contribution in [0.15, 0.2) is 18.2 Å². The Morgan fingerprint density at radius 3 is 2.71 bits per heavy atom. The summed E-state index contributed by atoms with van der Waals surface area (Å²) in [6, 6.07) is 5.03. The van der Waals surface area contributed by atoms with Gasteiger partial charge in [0.05, 0.1) is 10.5 Å². The molecule has 1 fully saturated rings. The predicted molar refractivity (Wildman–Crippen MR) is 65.3 cm³/mol. The van der Waals surface area contributed by atoms with Crippen molar-refractivity contribution in [2.75, 3.05) is 18.0 Å². The monoisotopic (exact) mass is 236 g/mol. The average molecular weight is 236 g/mol. The summed E-state index contributed by atoms with van der Waals surface area (Å²) in [6.45, 7) is 4.88. The van der Waals surface area contributed by atoms with E-state index in [0.29, 0.717) is 13.0 Å². The van der Waals surface area contributed by atoms with Crippen LogP contribution in [0.4, 0.5) is 11.4 Å². The molecule has 17 heavy (non-hydrogen) atoms. The van der Waals surface area contributed by atoms with Crippen molar-refractivity contribution in [2.24, 2.45) is 0 Å². The number of β-amino-alcohol motifs (C(OH)–C–C–N with tert-alkyl or cyclic N) is 1. The lowest BCUT2D eigenvalue weighted by Gasteiger charge is -2.21. The van der Waals surface area contributed by atoms with Gasteiger partial charge in [0, 0.05) is 30.9 Å². The first-order chi connectivity index (χ1) is 7.87. The Hall–Kier alpha value is -1.62. The van der Waals surface area contributed by atoms with Gasteiger partial charge in [0.1, 0.15) is 0 Å². The number of nitrogens with zero attached hydrogens (tertiary/aromatic N) is 2. The zero-order valence-corrected chi connectivity index (χ0v) is 10.0. The standard InChI is InChI=1S/C12H16N2O3/c1-9-5-10(7-11(6-9)14(16)17)13-4-3-12(2,15)8-13/h5-7,15H,3-4,8H2,1-2H3. The van der Waals surface area contributed by atoms with Gasteiger partial charge in [0.2, 0.25) is 0 Å². The second-order valence-corrected chi connectivity index (χ2v) is 4.95. The van der Waals surface area contributed by atoms with E-state index in [-0.39, 0.29) is 10.6 Å². The molecule has 1 unspecified atom stereocenters. The molecule has 1 N–H and O–H groups in total. The molecule has 0 bridgehead atoms. The maximum absolute atomic E-state index is 10.8. The molecule has 0 spiro atoms. The molecular weight excluding hydrogens is 220 g/mol. The fourth-order valence-electron chi connectivity index (χ4n) is 2.20. The number of aliphatic hydroxyl groups is 1. The molecule has 1 aromatic carbocycles. The van der Waals surface area contributed by atoms with Crippen molar-refractivity contribution in [2.45, 2.75) is 25.9 Å². The molecule has 1 heterocycles. The van der Waals surface area contributed by atoms with Gasteiger partial charge in [-0.2, -0.15) is 0 Å². The van der Waals surface area contributed by atoms with Crippen molar-refractivity contribution in [3.8, 4) is 0 Å². The van der Waals surface area contributed by atoms with Crippen LogP contribution >= 0.6 is 0 Å². The fraction of sp³-hybridized carbons (Fsp3) is 0.500. The van der Waals surface area contributed by atoms with Gasteiger partial charge in [-0.3, -0.25) is 10.1 Å². The summed E-state index contributed by atoms with van der Waals surface area (Å²) in [7, 11) is 0. The van der Waals surface area contributed by atoms with Crippen LogP contribution in [-0.4, -0.2) is 28.7 Å². The van der Waals surface area contributed by atoms with Gasteiger partial charge in [0.25, 0.3) is 5.69 Å². The van der Waals surface area contributed by atoms with E-state index in [4.69, 9.17) is 0 Å². The third-order valence-electron chi connectivity index (χ3n) is 3.07. The Morgan fingerprint density at radius 1 is 1.47 bits per heavy atom. The van der Waals surface area contributed by atoms with Crippen LogP contribution in [0.2, 0.25) is 0 Å². The van der Waals surface area contributed by atoms with E-state index >= 15 is 0 Å². The summed E-state index contributed by atoms with van der Waals surface area (Å²) in [6.07, 6.45) is 0.689. The second-order valence-electron chi connectivity index (χ2n) is 4.95. The second kappa shape index (κ2) is 4.00. The van der Waals surface area contributed by atoms with E-state index < -0.39 is 5.60 Å². The van der Waals surface area contributed by atoms with Crippen LogP contribution in [0.1, 0.15) is 18.9 Å². The molecule has 1 saturated heterocycles. The van der Waals surface area contributed by atoms with Crippen LogP contribution in [-0.2, 0) is 0 Å². The molecule has 1 atom stereocenters. The molecule has 1 aliphatic heterocycles. The van der Waals surface area contributed by atoms with Gasteiger partial charge in [-0.15, -0.1) is 0 Å². The first kappa shape index (κ1) is 11.9. The smallest absolute Gasteiger partial charge is 0.271 e. The number of benzene rings is 1. The van der Waals surface area contributed by atoms with Gasteiger partial charge in [-0.25, -0.2) is 0 Å². The van der Waals surface area contributed by atoms with Crippen LogP contribution in [0.3, 0.4) is 0 Å². The summed E-state index contributed by atoms with van der Waals surface area (Å²) in [5, 5.41) is 20.7. The number of hydrogen-bond donors (Lipinski definition) is 1. The molecule has 0 aromatic heterocycles. The lowest BCUT2D eigenvalue weighted by molar-refractivity contribution is -0.384. The minimum absolute atomic E-state index is 0.103. The zero-order chi connectivity index (χ0) is 12.6. The number of nitro benzene ring substituents is 1. The first-order valence-electron chi connectivity index (χ1n) is 5.61. The largest absolute Gasteiger partial charge is 0.388 e. The van der Waals surface area contributed by atoms with Crippen LogP contribution in [0.25, 0.3) is 0 Å². The molecule has 1 aromatic rings. The lowest BCUT2D eigenvalue weighted by Crippen LogP contribution is -2.29. The Morgan fingerprint density at radius 2 is 2.18 bits per heavy atom. The summed E-state index contributed by atoms with van der Waals surface area (Å²) >= 11 is 0. The molecule has 0 saturated carbocycles. The Bertz CT molecular complexity index is 457. The molecule has 0 aliphatic carbocycles. The average Bonchev–Trinajstić information content (AvgIpc) is 2.58. The first-order valence-corrected chi connectivity index (χ1v) is 5.61. The Labute approximate surface area is 99.8 Å². The van der Waals surface area contributed by atoms with Crippen molar-refractivity contribution in [1.29, 1.82) is 0 Å². The normalized spacial score (nSPS) is 24.1. The van der Waals surface area contributed by atoms with Crippen LogP contribution < -0.4 is 4.90 Å². The number of anilines is 1. The van der Waals surface area contributed by atoms with Crippen molar-refractivity contribution >= 4 is 11.4 Å². The molecule has 0 amide bonds. The summed E-state index contributed by atoms with van der Waals surface area (Å²) in [5.74, 6) is 0. The van der Waals surface area contributed by atoms with E-state index in [1.165, 1.54) is 0 Å². The van der Waals surface area contributed by atoms with E-state index in [9.17, 15) is 15.2 Å². The SMILES string of the molecule is Cc1cc(N2CCC(C)(O)C2)cc([N+](=O)[O-])c1. The molecule has 5 heteroatoms. The Kier molecular flexibility index (Phi) is 2.79. The molecule has 92 valence electrons.